The number of unbranched alkanes of at least 4 members (excludes halogenated alkanes) is 1. The van der Waals surface area contributed by atoms with Crippen LogP contribution < -0.4 is 54.0 Å². The van der Waals surface area contributed by atoms with Crippen molar-refractivity contribution < 1.29 is 75.9 Å². The zero-order chi connectivity index (χ0) is 56.1. The van der Waals surface area contributed by atoms with Crippen molar-refractivity contribution in [1.29, 1.82) is 0 Å². The maximum absolute atomic E-state index is 14.1. The molecule has 0 spiro atoms. The third-order valence-electron chi connectivity index (χ3n) is 12.6. The van der Waals surface area contributed by atoms with Crippen molar-refractivity contribution in [2.24, 2.45) is 16.5 Å². The number of aliphatic carboxylic acids is 3. The summed E-state index contributed by atoms with van der Waals surface area (Å²) in [5.74, 6) is -7.65. The molecule has 78 heavy (non-hydrogen) atoms. The molecule has 2 aromatic rings. The van der Waals surface area contributed by atoms with Gasteiger partial charge in [-0.3, -0.25) is 53.1 Å². The molecular formula is C50H76CuN14O12S+2. The van der Waals surface area contributed by atoms with E-state index < -0.39 is 84.6 Å². The summed E-state index contributed by atoms with van der Waals surface area (Å²) in [7, 11) is 0. The molecule has 4 atom stereocenters. The van der Waals surface area contributed by atoms with Crippen molar-refractivity contribution in [3.63, 3.8) is 0 Å². The molecule has 28 heteroatoms. The number of carbonyl (C=O) groups is 8. The summed E-state index contributed by atoms with van der Waals surface area (Å²) >= 11 is 5.58. The summed E-state index contributed by atoms with van der Waals surface area (Å²) in [5, 5.41) is 61.0. The number of aliphatic imine (C=N–C) groups is 1. The van der Waals surface area contributed by atoms with Crippen molar-refractivity contribution >= 4 is 76.4 Å². The third kappa shape index (κ3) is 26.6. The number of benzene rings is 2. The average molecular weight is 1160 g/mol. The normalized spacial score (nSPS) is 20.2. The molecule has 4 rings (SSSR count). The van der Waals surface area contributed by atoms with Gasteiger partial charge in [0.05, 0.1) is 26.1 Å². The summed E-state index contributed by atoms with van der Waals surface area (Å²) in [5.41, 5.74) is 13.2. The Labute approximate surface area is 469 Å². The summed E-state index contributed by atoms with van der Waals surface area (Å²) in [6.45, 7) is 5.59. The van der Waals surface area contributed by atoms with E-state index in [1.54, 1.807) is 0 Å². The van der Waals surface area contributed by atoms with Crippen molar-refractivity contribution in [3.8, 4) is 5.75 Å². The van der Waals surface area contributed by atoms with Crippen LogP contribution in [0.1, 0.15) is 62.5 Å². The van der Waals surface area contributed by atoms with Gasteiger partial charge < -0.3 is 79.3 Å². The number of hydrogen-bond acceptors (Lipinski definition) is 15. The number of carboxylic acid groups (broad SMARTS) is 3. The Morgan fingerprint density at radius 3 is 1.90 bits per heavy atom. The van der Waals surface area contributed by atoms with Crippen molar-refractivity contribution in [2.75, 3.05) is 96.9 Å². The number of anilines is 1. The molecule has 0 saturated carbocycles. The predicted octanol–water partition coefficient (Wildman–Crippen LogP) is -2.31. The monoisotopic (exact) mass is 1160 g/mol. The molecule has 1 radical (unpaired) electrons. The molecule has 0 aromatic heterocycles. The molecule has 0 unspecified atom stereocenters. The van der Waals surface area contributed by atoms with Gasteiger partial charge in [-0.15, -0.1) is 0 Å². The molecule has 2 heterocycles. The molecule has 16 N–H and O–H groups in total. The number of nitrogens with one attached hydrogen (secondary N) is 8. The Morgan fingerprint density at radius 2 is 1.23 bits per heavy atom. The average Bonchev–Trinajstić information content (AvgIpc) is 3.37. The van der Waals surface area contributed by atoms with E-state index in [-0.39, 0.29) is 74.1 Å². The van der Waals surface area contributed by atoms with Gasteiger partial charge in [0, 0.05) is 64.5 Å². The van der Waals surface area contributed by atoms with Gasteiger partial charge in [-0.2, -0.15) is 0 Å². The molecule has 2 aliphatic rings. The quantitative estimate of drug-likeness (QED) is 0.0205. The topological polar surface area (TPSA) is 388 Å². The molecule has 2 fully saturated rings. The Morgan fingerprint density at radius 1 is 0.654 bits per heavy atom. The predicted molar refractivity (Wildman–Crippen MR) is 290 cm³/mol. The van der Waals surface area contributed by atoms with Gasteiger partial charge in [-0.25, -0.2) is 0 Å². The van der Waals surface area contributed by atoms with Gasteiger partial charge in [0.25, 0.3) is 0 Å². The number of amides is 5. The number of phenolic OH excluding ortho intramolecular Hbond substituents is 1. The van der Waals surface area contributed by atoms with E-state index in [0.717, 1.165) is 37.1 Å². The molecule has 433 valence electrons. The van der Waals surface area contributed by atoms with Crippen LogP contribution in [0.15, 0.2) is 53.5 Å². The van der Waals surface area contributed by atoms with Gasteiger partial charge in [-0.1, -0.05) is 24.3 Å². The number of hydrogen-bond donors (Lipinski definition) is 14. The minimum absolute atomic E-state index is 0. The number of carboxylic acids is 3. The van der Waals surface area contributed by atoms with E-state index in [9.17, 15) is 58.8 Å². The van der Waals surface area contributed by atoms with Crippen molar-refractivity contribution in [3.05, 3.63) is 59.7 Å². The molecule has 2 aromatic carbocycles. The van der Waals surface area contributed by atoms with Crippen molar-refractivity contribution in [1.82, 2.24) is 51.9 Å². The molecule has 5 amide bonds. The number of carbonyl (C=O) groups excluding carboxylic acids is 5. The smallest absolute Gasteiger partial charge is 0.508 e. The molecule has 2 saturated heterocycles. The Balaban J connectivity index is 0.0000160. The van der Waals surface area contributed by atoms with Crippen LogP contribution >= 0.6 is 12.2 Å². The van der Waals surface area contributed by atoms with Crippen LogP contribution in [0.3, 0.4) is 0 Å². The molecule has 2 aliphatic heterocycles. The number of guanidine groups is 1. The number of rotatable bonds is 21. The standard InChI is InChI=1S/C50H76N14O12S.Cu/c51-49(52)54-19-3-7-37-45(73)56-30-41(66)58-40(29-42(67)68)48(76)61-39(28-34-10-14-36(65)15-11-34)47(75)60-38(46(74)59-37)6-1-2-18-55-50(77)57-35-12-8-33(9-13-35)16-24-62-22-5-23-63(31-43(69)70)25-20-53-17-4-21-64(27-26-62)32-44(71)72;/h8-15,37-40,53,65H,1-7,16-32H2,(H,56,73)(H,58,66)(H,59,74)(H,60,75)(H,61,76)(H,67,68)(H,69,70)(H,71,72)(H4,51,52,54)(H2,55,57,77);/q;+2/t37-,38-,39+,40-;/m0./s1/i;1+0. The number of nitrogens with two attached hydrogens (primary N) is 2. The van der Waals surface area contributed by atoms with Gasteiger partial charge in [0.1, 0.15) is 29.9 Å². The van der Waals surface area contributed by atoms with E-state index >= 15 is 0 Å². The van der Waals surface area contributed by atoms with E-state index in [0.29, 0.717) is 82.4 Å². The summed E-state index contributed by atoms with van der Waals surface area (Å²) < 4.78 is 0. The summed E-state index contributed by atoms with van der Waals surface area (Å²) in [4.78, 5) is 113. The van der Waals surface area contributed by atoms with E-state index in [1.165, 1.54) is 24.3 Å². The van der Waals surface area contributed by atoms with Crippen LogP contribution in [-0.2, 0) is 68.3 Å². The molecule has 0 bridgehead atoms. The molecule has 26 nitrogen and oxygen atoms in total. The van der Waals surface area contributed by atoms with Crippen LogP contribution in [-0.4, -0.2) is 209 Å². The van der Waals surface area contributed by atoms with Gasteiger partial charge in [-0.05, 0) is 119 Å². The van der Waals surface area contributed by atoms with Gasteiger partial charge >= 0.3 is 35.0 Å². The molecular weight excluding hydrogens is 1080 g/mol. The first-order chi connectivity index (χ1) is 36.8. The van der Waals surface area contributed by atoms with Crippen LogP contribution in [0.25, 0.3) is 0 Å². The number of phenols is 1. The Bertz CT molecular complexity index is 2320. The maximum atomic E-state index is 14.1. The zero-order valence-corrected chi connectivity index (χ0v) is 45.4. The fraction of sp³-hybridized carbons (Fsp3) is 0.560. The van der Waals surface area contributed by atoms with E-state index in [2.05, 4.69) is 52.4 Å². The van der Waals surface area contributed by atoms with Crippen LogP contribution in [0.5, 0.6) is 5.75 Å². The number of aromatic hydroxyl groups is 1. The van der Waals surface area contributed by atoms with Crippen LogP contribution in [0, 0.1) is 0 Å². The fourth-order valence-electron chi connectivity index (χ4n) is 8.60. The Kier molecular flexibility index (Phi) is 30.0. The third-order valence-corrected chi connectivity index (χ3v) is 12.9. The minimum Gasteiger partial charge on any atom is -0.508 e. The van der Waals surface area contributed by atoms with Crippen molar-refractivity contribution in [2.45, 2.75) is 88.4 Å². The van der Waals surface area contributed by atoms with Crippen LogP contribution in [0.2, 0.25) is 0 Å². The maximum Gasteiger partial charge on any atom is 2.00 e. The number of thiocarbonyl (C=S) groups is 1. The zero-order valence-electron chi connectivity index (χ0n) is 43.6. The first kappa shape index (κ1) is 65.6. The second kappa shape index (κ2) is 35.7. The number of nitrogens with zero attached hydrogens (tertiary/aromatic N) is 4. The first-order valence-electron chi connectivity index (χ1n) is 25.8. The van der Waals surface area contributed by atoms with Gasteiger partial charge in [0.2, 0.25) is 29.5 Å². The first-order valence-corrected chi connectivity index (χ1v) is 26.2. The largest absolute Gasteiger partial charge is 2.00 e. The fourth-order valence-corrected chi connectivity index (χ4v) is 8.82. The summed E-state index contributed by atoms with van der Waals surface area (Å²) in [6.07, 6.45) is 2.35. The summed E-state index contributed by atoms with van der Waals surface area (Å²) in [6, 6.07) is 8.05. The minimum atomic E-state index is -1.65. The van der Waals surface area contributed by atoms with E-state index in [1.807, 2.05) is 34.1 Å². The van der Waals surface area contributed by atoms with Crippen LogP contribution in [0.4, 0.5) is 5.69 Å². The van der Waals surface area contributed by atoms with E-state index in [4.69, 9.17) is 23.7 Å². The Hall–Kier alpha value is -6.68. The second-order valence-electron chi connectivity index (χ2n) is 18.9. The second-order valence-corrected chi connectivity index (χ2v) is 19.3. The molecule has 0 aliphatic carbocycles. The van der Waals surface area contributed by atoms with Gasteiger partial charge in [0.15, 0.2) is 11.1 Å². The SMILES string of the molecule is NC(N)=NCCC[C@@H]1NC(=O)[C@H](CCCCNC(=S)Nc2ccc(CCN3CCCN(CC(=O)O)CCNCCCN(CC(=O)O)CC3)cc2)NC(=O)[C@@H](Cc2ccc(O)cc2)NC(=O)[C@H](CC(=O)O)NC(=O)CNC1=O.[64Cu+2].